The summed E-state index contributed by atoms with van der Waals surface area (Å²) in [5, 5.41) is 0. The number of hydrogen-bond acceptors (Lipinski definition) is 4. The quantitative estimate of drug-likeness (QED) is 0.559. The van der Waals surface area contributed by atoms with Crippen LogP contribution in [0.25, 0.3) is 0 Å². The van der Waals surface area contributed by atoms with E-state index in [4.69, 9.17) is 4.18 Å². The summed E-state index contributed by atoms with van der Waals surface area (Å²) in [5.41, 5.74) is -0.995. The highest BCUT2D eigenvalue weighted by Gasteiger charge is 2.45. The first-order chi connectivity index (χ1) is 4.58. The van der Waals surface area contributed by atoms with Gasteiger partial charge in [-0.2, -0.15) is 4.21 Å². The average Bonchev–Trinajstić information content (AvgIpc) is 2.09. The molecule has 1 aliphatic rings. The third-order valence-corrected chi connectivity index (χ3v) is 2.29. The number of carbonyl (C=O) groups excluding carboxylic acids is 1. The van der Waals surface area contributed by atoms with Gasteiger partial charge in [0.05, 0.1) is 0 Å². The van der Waals surface area contributed by atoms with Gasteiger partial charge in [-0.15, -0.1) is 0 Å². The van der Waals surface area contributed by atoms with Gasteiger partial charge in [0, 0.05) is 0 Å². The van der Waals surface area contributed by atoms with Crippen LogP contribution in [-0.2, 0) is 24.5 Å². The van der Waals surface area contributed by atoms with Crippen molar-refractivity contribution in [3.8, 4) is 0 Å². The number of carbonyl (C=O) groups is 1. The van der Waals surface area contributed by atoms with Crippen molar-refractivity contribution in [1.82, 2.24) is 0 Å². The Morgan fingerprint density at radius 1 is 1.70 bits per heavy atom. The van der Waals surface area contributed by atoms with Gasteiger partial charge in [-0.05, 0) is 13.3 Å². The van der Waals surface area contributed by atoms with E-state index in [-0.39, 0.29) is 0 Å². The maximum absolute atomic E-state index is 10.8. The zero-order valence-electron chi connectivity index (χ0n) is 5.75. The molecule has 0 aromatic heterocycles. The van der Waals surface area contributed by atoms with Crippen molar-refractivity contribution in [1.29, 1.82) is 0 Å². The zero-order valence-corrected chi connectivity index (χ0v) is 6.56. The Hall–Kier alpha value is -0.420. The van der Waals surface area contributed by atoms with Gasteiger partial charge in [0.2, 0.25) is 0 Å². The molecule has 5 heteroatoms. The van der Waals surface area contributed by atoms with Crippen molar-refractivity contribution >= 4 is 17.3 Å². The molecule has 0 aliphatic carbocycles. The van der Waals surface area contributed by atoms with Crippen LogP contribution in [0.5, 0.6) is 0 Å². The van der Waals surface area contributed by atoms with Gasteiger partial charge in [-0.3, -0.25) is 0 Å². The maximum atomic E-state index is 10.8. The smallest absolute Gasteiger partial charge is 0.340 e. The van der Waals surface area contributed by atoms with E-state index in [9.17, 15) is 9.00 Å². The van der Waals surface area contributed by atoms with Crippen molar-refractivity contribution < 1.29 is 17.4 Å². The lowest BCUT2D eigenvalue weighted by molar-refractivity contribution is -0.142. The van der Waals surface area contributed by atoms with Crippen LogP contribution in [0.3, 0.4) is 0 Å². The molecular weight excluding hydrogens is 156 g/mol. The minimum absolute atomic E-state index is 0.470. The molecule has 0 N–H and O–H groups in total. The lowest BCUT2D eigenvalue weighted by atomic mass is 10.1. The topological polar surface area (TPSA) is 52.6 Å². The van der Waals surface area contributed by atoms with E-state index in [1.54, 1.807) is 13.8 Å². The van der Waals surface area contributed by atoms with Crippen LogP contribution in [-0.4, -0.2) is 15.8 Å². The molecule has 10 heavy (non-hydrogen) atoms. The largest absolute Gasteiger partial charge is 0.364 e. The molecule has 1 fully saturated rings. The zero-order chi connectivity index (χ0) is 7.78. The standard InChI is InChI=1S/C5H8O4S/c1-3-5(2)4(6)8-10(7)9-5/h3H2,1-2H3. The summed E-state index contributed by atoms with van der Waals surface area (Å²) in [5.74, 6) is -0.548. The highest BCUT2D eigenvalue weighted by Crippen LogP contribution is 2.25. The van der Waals surface area contributed by atoms with Gasteiger partial charge in [0.15, 0.2) is 5.60 Å². The van der Waals surface area contributed by atoms with Crippen LogP contribution < -0.4 is 0 Å². The van der Waals surface area contributed by atoms with Crippen molar-refractivity contribution in [3.63, 3.8) is 0 Å². The second-order valence-corrected chi connectivity index (χ2v) is 2.98. The Morgan fingerprint density at radius 3 is 2.50 bits per heavy atom. The van der Waals surface area contributed by atoms with E-state index in [1.165, 1.54) is 0 Å². The molecule has 2 atom stereocenters. The van der Waals surface area contributed by atoms with Crippen LogP contribution in [0.15, 0.2) is 0 Å². The first kappa shape index (κ1) is 7.68. The van der Waals surface area contributed by atoms with Crippen LogP contribution in [0.2, 0.25) is 0 Å². The summed E-state index contributed by atoms with van der Waals surface area (Å²) in [6.07, 6.45) is 0.470. The Bertz CT molecular complexity index is 190. The van der Waals surface area contributed by atoms with Crippen LogP contribution >= 0.6 is 0 Å². The van der Waals surface area contributed by atoms with E-state index >= 15 is 0 Å². The minimum atomic E-state index is -1.87. The Balaban J connectivity index is 2.80. The predicted molar refractivity (Wildman–Crippen MR) is 34.0 cm³/mol. The summed E-state index contributed by atoms with van der Waals surface area (Å²) in [7, 11) is 0. The predicted octanol–water partition coefficient (Wildman–Crippen LogP) is 0.307. The van der Waals surface area contributed by atoms with Gasteiger partial charge >= 0.3 is 17.3 Å². The monoisotopic (exact) mass is 164 g/mol. The maximum Gasteiger partial charge on any atom is 0.364 e. The highest BCUT2D eigenvalue weighted by molar-refractivity contribution is 7.76. The lowest BCUT2D eigenvalue weighted by Gasteiger charge is -2.11. The van der Waals surface area contributed by atoms with E-state index in [0.717, 1.165) is 0 Å². The van der Waals surface area contributed by atoms with E-state index in [1.807, 2.05) is 0 Å². The first-order valence-corrected chi connectivity index (χ1v) is 3.92. The molecule has 2 unspecified atom stereocenters. The van der Waals surface area contributed by atoms with Crippen LogP contribution in [0.1, 0.15) is 20.3 Å². The van der Waals surface area contributed by atoms with E-state index in [2.05, 4.69) is 4.18 Å². The summed E-state index contributed by atoms with van der Waals surface area (Å²) in [6.45, 7) is 3.32. The Kier molecular flexibility index (Phi) is 1.78. The molecule has 1 heterocycles. The van der Waals surface area contributed by atoms with Gasteiger partial charge in [0.25, 0.3) is 0 Å². The van der Waals surface area contributed by atoms with Gasteiger partial charge < -0.3 is 4.18 Å². The fraction of sp³-hybridized carbons (Fsp3) is 0.800. The number of hydrogen-bond donors (Lipinski definition) is 0. The fourth-order valence-electron chi connectivity index (χ4n) is 0.554. The lowest BCUT2D eigenvalue weighted by Crippen LogP contribution is -2.30. The molecule has 1 rings (SSSR count). The molecule has 0 radical (unpaired) electrons. The summed E-state index contributed by atoms with van der Waals surface area (Å²) < 4.78 is 19.5. The molecular formula is C5H8O4S. The normalized spacial score (nSPS) is 39.8. The Morgan fingerprint density at radius 2 is 2.30 bits per heavy atom. The average molecular weight is 164 g/mol. The number of rotatable bonds is 1. The molecule has 0 bridgehead atoms. The third kappa shape index (κ3) is 1.06. The van der Waals surface area contributed by atoms with Crippen molar-refractivity contribution in [2.75, 3.05) is 0 Å². The molecule has 0 aromatic carbocycles. The summed E-state index contributed by atoms with van der Waals surface area (Å²) in [6, 6.07) is 0. The SMILES string of the molecule is CCC1(C)OS(=O)OC1=O. The summed E-state index contributed by atoms with van der Waals surface area (Å²) >= 11 is -1.87. The van der Waals surface area contributed by atoms with E-state index in [0.29, 0.717) is 6.42 Å². The molecule has 0 aromatic rings. The molecule has 1 aliphatic heterocycles. The first-order valence-electron chi connectivity index (χ1n) is 2.92. The minimum Gasteiger partial charge on any atom is -0.340 e. The Labute approximate surface area is 61.4 Å². The molecule has 1 saturated heterocycles. The highest BCUT2D eigenvalue weighted by atomic mass is 32.2. The van der Waals surface area contributed by atoms with Crippen LogP contribution in [0, 0.1) is 0 Å². The van der Waals surface area contributed by atoms with Gasteiger partial charge in [0.1, 0.15) is 0 Å². The molecule has 4 nitrogen and oxygen atoms in total. The van der Waals surface area contributed by atoms with Gasteiger partial charge in [-0.25, -0.2) is 8.98 Å². The summed E-state index contributed by atoms with van der Waals surface area (Å²) in [4.78, 5) is 10.8. The molecule has 0 spiro atoms. The van der Waals surface area contributed by atoms with Gasteiger partial charge in [-0.1, -0.05) is 6.92 Å². The fourth-order valence-corrected chi connectivity index (χ4v) is 1.37. The second kappa shape index (κ2) is 2.32. The second-order valence-electron chi connectivity index (χ2n) is 2.24. The van der Waals surface area contributed by atoms with E-state index < -0.39 is 22.9 Å². The van der Waals surface area contributed by atoms with Crippen molar-refractivity contribution in [2.45, 2.75) is 25.9 Å². The molecule has 0 saturated carbocycles. The molecule has 0 amide bonds. The van der Waals surface area contributed by atoms with Crippen molar-refractivity contribution in [3.05, 3.63) is 0 Å². The van der Waals surface area contributed by atoms with Crippen LogP contribution in [0.4, 0.5) is 0 Å². The molecule has 58 valence electrons. The van der Waals surface area contributed by atoms with Crippen molar-refractivity contribution in [2.24, 2.45) is 0 Å². The third-order valence-electron chi connectivity index (χ3n) is 1.50.